The van der Waals surface area contributed by atoms with E-state index in [1.807, 2.05) is 0 Å². The SMILES string of the molecule is O=C(NCCCCCCNC(=O)c1cccnc1)c1cccnc1.O=C(O)CCC(=O)O. The normalized spacial score (nSPS) is 9.75. The van der Waals surface area contributed by atoms with E-state index in [9.17, 15) is 19.2 Å². The number of aromatic nitrogens is 2. The molecule has 4 N–H and O–H groups in total. The van der Waals surface area contributed by atoms with Crippen LogP contribution in [0, 0.1) is 0 Å². The maximum absolute atomic E-state index is 11.8. The molecule has 0 saturated heterocycles. The summed E-state index contributed by atoms with van der Waals surface area (Å²) in [6.45, 7) is 1.30. The molecule has 10 nitrogen and oxygen atoms in total. The molecular weight excluding hydrogens is 416 g/mol. The van der Waals surface area contributed by atoms with Crippen LogP contribution in [-0.2, 0) is 9.59 Å². The highest BCUT2D eigenvalue weighted by atomic mass is 16.4. The number of rotatable bonds is 12. The zero-order valence-corrected chi connectivity index (χ0v) is 17.7. The van der Waals surface area contributed by atoms with Crippen molar-refractivity contribution in [1.29, 1.82) is 0 Å². The summed E-state index contributed by atoms with van der Waals surface area (Å²) in [4.78, 5) is 50.7. The van der Waals surface area contributed by atoms with E-state index in [0.717, 1.165) is 25.7 Å². The molecule has 172 valence electrons. The summed E-state index contributed by atoms with van der Waals surface area (Å²) in [5.41, 5.74) is 1.16. The lowest BCUT2D eigenvalue weighted by atomic mass is 10.2. The van der Waals surface area contributed by atoms with E-state index < -0.39 is 11.9 Å². The van der Waals surface area contributed by atoms with Crippen LogP contribution in [0.15, 0.2) is 49.1 Å². The fourth-order valence-electron chi connectivity index (χ4n) is 2.42. The van der Waals surface area contributed by atoms with Crippen molar-refractivity contribution in [1.82, 2.24) is 20.6 Å². The average molecular weight is 444 g/mol. The van der Waals surface area contributed by atoms with E-state index >= 15 is 0 Å². The minimum atomic E-state index is -1.08. The number of hydrogen-bond acceptors (Lipinski definition) is 6. The van der Waals surface area contributed by atoms with Gasteiger partial charge in [-0.3, -0.25) is 29.1 Å². The molecule has 0 aliphatic heterocycles. The van der Waals surface area contributed by atoms with Crippen LogP contribution < -0.4 is 10.6 Å². The van der Waals surface area contributed by atoms with Gasteiger partial charge in [0.05, 0.1) is 24.0 Å². The highest BCUT2D eigenvalue weighted by Gasteiger charge is 2.05. The Kier molecular flexibility index (Phi) is 13.1. The molecule has 0 radical (unpaired) electrons. The van der Waals surface area contributed by atoms with Crippen LogP contribution in [0.1, 0.15) is 59.2 Å². The number of aliphatic carboxylic acids is 2. The van der Waals surface area contributed by atoms with Crippen LogP contribution in [0.2, 0.25) is 0 Å². The molecule has 0 spiro atoms. The van der Waals surface area contributed by atoms with Crippen molar-refractivity contribution in [2.45, 2.75) is 38.5 Å². The van der Waals surface area contributed by atoms with E-state index in [4.69, 9.17) is 10.2 Å². The number of nitrogens with one attached hydrogen (secondary N) is 2. The largest absolute Gasteiger partial charge is 0.481 e. The van der Waals surface area contributed by atoms with Crippen molar-refractivity contribution < 1.29 is 29.4 Å². The van der Waals surface area contributed by atoms with E-state index in [-0.39, 0.29) is 24.7 Å². The van der Waals surface area contributed by atoms with Crippen molar-refractivity contribution in [2.24, 2.45) is 0 Å². The lowest BCUT2D eigenvalue weighted by molar-refractivity contribution is -0.143. The van der Waals surface area contributed by atoms with Gasteiger partial charge < -0.3 is 20.8 Å². The third-order valence-electron chi connectivity index (χ3n) is 4.07. The number of amides is 2. The van der Waals surface area contributed by atoms with Gasteiger partial charge in [-0.25, -0.2) is 0 Å². The molecule has 0 aliphatic rings. The van der Waals surface area contributed by atoms with Gasteiger partial charge in [0, 0.05) is 37.9 Å². The molecule has 0 aliphatic carbocycles. The summed E-state index contributed by atoms with van der Waals surface area (Å²) in [6, 6.07) is 6.98. The molecule has 0 bridgehead atoms. The van der Waals surface area contributed by atoms with Gasteiger partial charge in [-0.05, 0) is 37.1 Å². The summed E-state index contributed by atoms with van der Waals surface area (Å²) in [6.07, 6.45) is 9.66. The van der Waals surface area contributed by atoms with E-state index in [2.05, 4.69) is 20.6 Å². The Labute approximate surface area is 186 Å². The predicted octanol–water partition coefficient (Wildman–Crippen LogP) is 2.13. The lowest BCUT2D eigenvalue weighted by Crippen LogP contribution is -2.25. The van der Waals surface area contributed by atoms with Gasteiger partial charge in [0.1, 0.15) is 0 Å². The highest BCUT2D eigenvalue weighted by molar-refractivity contribution is 5.94. The van der Waals surface area contributed by atoms with Crippen molar-refractivity contribution >= 4 is 23.8 Å². The van der Waals surface area contributed by atoms with Crippen LogP contribution >= 0.6 is 0 Å². The minimum Gasteiger partial charge on any atom is -0.481 e. The first-order valence-electron chi connectivity index (χ1n) is 10.2. The van der Waals surface area contributed by atoms with E-state index in [0.29, 0.717) is 24.2 Å². The van der Waals surface area contributed by atoms with Crippen molar-refractivity contribution in [2.75, 3.05) is 13.1 Å². The number of pyridine rings is 2. The Bertz CT molecular complexity index is 775. The van der Waals surface area contributed by atoms with E-state index in [1.54, 1.807) is 49.1 Å². The molecular formula is C22H28N4O6. The number of unbranched alkanes of at least 4 members (excludes halogenated alkanes) is 3. The van der Waals surface area contributed by atoms with Crippen molar-refractivity contribution in [3.05, 3.63) is 60.2 Å². The first kappa shape index (κ1) is 26.2. The topological polar surface area (TPSA) is 159 Å². The number of carboxylic acids is 2. The zero-order chi connectivity index (χ0) is 23.6. The second-order valence-electron chi connectivity index (χ2n) is 6.70. The van der Waals surface area contributed by atoms with Crippen molar-refractivity contribution in [3.63, 3.8) is 0 Å². The number of nitrogens with zero attached hydrogens (tertiary/aromatic N) is 2. The fraction of sp³-hybridized carbons (Fsp3) is 0.364. The number of carboxylic acid groups (broad SMARTS) is 2. The Morgan fingerprint density at radius 1 is 0.688 bits per heavy atom. The fourth-order valence-corrected chi connectivity index (χ4v) is 2.42. The second kappa shape index (κ2) is 15.9. The molecule has 0 atom stereocenters. The third-order valence-corrected chi connectivity index (χ3v) is 4.07. The molecule has 2 rings (SSSR count). The number of hydrogen-bond donors (Lipinski definition) is 4. The molecule has 0 saturated carbocycles. The van der Waals surface area contributed by atoms with Crippen LogP contribution in [0.4, 0.5) is 0 Å². The summed E-state index contributed by atoms with van der Waals surface area (Å²) in [7, 11) is 0. The number of carbonyl (C=O) groups excluding carboxylic acids is 2. The highest BCUT2D eigenvalue weighted by Crippen LogP contribution is 2.01. The van der Waals surface area contributed by atoms with Crippen LogP contribution in [0.5, 0.6) is 0 Å². The van der Waals surface area contributed by atoms with Gasteiger partial charge in [-0.15, -0.1) is 0 Å². The summed E-state index contributed by atoms with van der Waals surface area (Å²) >= 11 is 0. The Balaban J connectivity index is 0.000000547. The molecule has 0 fully saturated rings. The molecule has 10 heteroatoms. The predicted molar refractivity (Wildman–Crippen MR) is 116 cm³/mol. The standard InChI is InChI=1S/C18H22N4O2.C4H6O4/c23-17(15-7-5-9-19-13-15)21-11-3-1-2-4-12-22-18(24)16-8-6-10-20-14-16;5-3(6)1-2-4(7)8/h5-10,13-14H,1-4,11-12H2,(H,21,23)(H,22,24);1-2H2,(H,5,6)(H,7,8). The van der Waals surface area contributed by atoms with Gasteiger partial charge in [0.2, 0.25) is 0 Å². The zero-order valence-electron chi connectivity index (χ0n) is 17.7. The van der Waals surface area contributed by atoms with Gasteiger partial charge in [0.25, 0.3) is 11.8 Å². The van der Waals surface area contributed by atoms with E-state index in [1.165, 1.54) is 0 Å². The Morgan fingerprint density at radius 3 is 1.41 bits per heavy atom. The first-order chi connectivity index (χ1) is 15.4. The van der Waals surface area contributed by atoms with Crippen LogP contribution in [0.25, 0.3) is 0 Å². The monoisotopic (exact) mass is 444 g/mol. The van der Waals surface area contributed by atoms with Crippen molar-refractivity contribution in [3.8, 4) is 0 Å². The second-order valence-corrected chi connectivity index (χ2v) is 6.70. The third kappa shape index (κ3) is 12.7. The van der Waals surface area contributed by atoms with Crippen LogP contribution in [-0.4, -0.2) is 57.0 Å². The smallest absolute Gasteiger partial charge is 0.303 e. The quantitative estimate of drug-likeness (QED) is 0.362. The maximum atomic E-state index is 11.8. The van der Waals surface area contributed by atoms with Crippen LogP contribution in [0.3, 0.4) is 0 Å². The molecule has 2 aromatic heterocycles. The Hall–Kier alpha value is -3.82. The molecule has 2 heterocycles. The molecule has 0 aromatic carbocycles. The lowest BCUT2D eigenvalue weighted by Gasteiger charge is -2.06. The maximum Gasteiger partial charge on any atom is 0.303 e. The number of carbonyl (C=O) groups is 4. The van der Waals surface area contributed by atoms with Gasteiger partial charge >= 0.3 is 11.9 Å². The summed E-state index contributed by atoms with van der Waals surface area (Å²) in [5.74, 6) is -2.33. The minimum absolute atomic E-state index is 0.0909. The summed E-state index contributed by atoms with van der Waals surface area (Å²) < 4.78 is 0. The average Bonchev–Trinajstić information content (AvgIpc) is 2.80. The van der Waals surface area contributed by atoms with Gasteiger partial charge in [-0.1, -0.05) is 12.8 Å². The van der Waals surface area contributed by atoms with Gasteiger partial charge in [0.15, 0.2) is 0 Å². The Morgan fingerprint density at radius 2 is 1.09 bits per heavy atom. The molecule has 0 unspecified atom stereocenters. The summed E-state index contributed by atoms with van der Waals surface area (Å²) in [5, 5.41) is 21.5. The van der Waals surface area contributed by atoms with Gasteiger partial charge in [-0.2, -0.15) is 0 Å². The first-order valence-corrected chi connectivity index (χ1v) is 10.2. The molecule has 32 heavy (non-hydrogen) atoms. The molecule has 2 aromatic rings. The molecule has 2 amide bonds.